The lowest BCUT2D eigenvalue weighted by Gasteiger charge is -2.24. The lowest BCUT2D eigenvalue weighted by molar-refractivity contribution is -0.141. The molecule has 0 aliphatic carbocycles. The number of rotatable bonds is 10. The van der Waals surface area contributed by atoms with Crippen LogP contribution in [-0.2, 0) is 21.6 Å². The smallest absolute Gasteiger partial charge is 0.306 e. The highest BCUT2D eigenvalue weighted by molar-refractivity contribution is 5.72. The van der Waals surface area contributed by atoms with Gasteiger partial charge in [0.25, 0.3) is 0 Å². The van der Waals surface area contributed by atoms with Gasteiger partial charge in [0.05, 0.1) is 20.6 Å². The van der Waals surface area contributed by atoms with Crippen molar-refractivity contribution in [3.63, 3.8) is 0 Å². The van der Waals surface area contributed by atoms with Crippen molar-refractivity contribution in [2.45, 2.75) is 71.8 Å². The predicted octanol–water partition coefficient (Wildman–Crippen LogP) is 8.13. The average Bonchev–Trinajstić information content (AvgIpc) is 2.87. The van der Waals surface area contributed by atoms with Gasteiger partial charge in [-0.15, -0.1) is 0 Å². The number of carbonyl (C=O) groups is 1. The van der Waals surface area contributed by atoms with Gasteiger partial charge in [-0.2, -0.15) is 0 Å². The molecule has 0 radical (unpaired) electrons. The van der Waals surface area contributed by atoms with Crippen LogP contribution in [0.15, 0.2) is 54.6 Å². The summed E-state index contributed by atoms with van der Waals surface area (Å²) in [6.45, 7) is 10.8. The topological polar surface area (TPSA) is 44.8 Å². The maximum absolute atomic E-state index is 14.9. The first-order valence-corrected chi connectivity index (χ1v) is 12.8. The third-order valence-corrected chi connectivity index (χ3v) is 6.70. The second-order valence-electron chi connectivity index (χ2n) is 10.6. The van der Waals surface area contributed by atoms with Crippen molar-refractivity contribution < 1.29 is 23.4 Å². The van der Waals surface area contributed by atoms with Gasteiger partial charge < -0.3 is 14.2 Å². The van der Waals surface area contributed by atoms with E-state index in [-0.39, 0.29) is 23.1 Å². The van der Waals surface area contributed by atoms with Crippen molar-refractivity contribution in [2.24, 2.45) is 0 Å². The summed E-state index contributed by atoms with van der Waals surface area (Å²) in [6, 6.07) is 17.0. The first-order valence-electron chi connectivity index (χ1n) is 12.8. The van der Waals surface area contributed by atoms with E-state index in [1.165, 1.54) is 13.2 Å². The third kappa shape index (κ3) is 7.12. The molecule has 0 heterocycles. The minimum Gasteiger partial charge on any atom is -0.497 e. The lowest BCUT2D eigenvalue weighted by atomic mass is 9.81. The molecule has 0 saturated carbocycles. The van der Waals surface area contributed by atoms with Crippen LogP contribution in [0.5, 0.6) is 11.5 Å². The van der Waals surface area contributed by atoms with E-state index in [2.05, 4.69) is 39.8 Å². The van der Waals surface area contributed by atoms with Crippen LogP contribution in [0.1, 0.15) is 75.1 Å². The summed E-state index contributed by atoms with van der Waals surface area (Å²) < 4.78 is 31.4. The molecular weight excluding hydrogens is 467 g/mol. The SMILES string of the molecule is CCC[C@H](CC(=O)OC)c1ccc(OCc2ccc(C(C)(C)C)c(-c3cc(OC)ccc3F)c2)c(C)c1. The van der Waals surface area contributed by atoms with Gasteiger partial charge in [0.15, 0.2) is 0 Å². The third-order valence-electron chi connectivity index (χ3n) is 6.70. The van der Waals surface area contributed by atoms with Crippen LogP contribution in [0.4, 0.5) is 4.39 Å². The number of carbonyl (C=O) groups excluding carboxylic acids is 1. The van der Waals surface area contributed by atoms with Gasteiger partial charge >= 0.3 is 5.97 Å². The van der Waals surface area contributed by atoms with Gasteiger partial charge in [-0.25, -0.2) is 4.39 Å². The van der Waals surface area contributed by atoms with Gasteiger partial charge in [-0.1, -0.05) is 58.4 Å². The molecule has 0 spiro atoms. The van der Waals surface area contributed by atoms with Gasteiger partial charge in [0.2, 0.25) is 0 Å². The second-order valence-corrected chi connectivity index (χ2v) is 10.6. The Balaban J connectivity index is 1.87. The molecule has 0 N–H and O–H groups in total. The van der Waals surface area contributed by atoms with E-state index in [0.29, 0.717) is 24.3 Å². The van der Waals surface area contributed by atoms with E-state index < -0.39 is 0 Å². The fourth-order valence-electron chi connectivity index (χ4n) is 4.66. The zero-order valence-corrected chi connectivity index (χ0v) is 23.1. The van der Waals surface area contributed by atoms with E-state index in [9.17, 15) is 9.18 Å². The molecule has 3 rings (SSSR count). The molecule has 0 bridgehead atoms. The quantitative estimate of drug-likeness (QED) is 0.260. The maximum atomic E-state index is 14.9. The largest absolute Gasteiger partial charge is 0.497 e. The van der Waals surface area contributed by atoms with Crippen molar-refractivity contribution in [3.05, 3.63) is 82.7 Å². The standard InChI is InChI=1S/C32H39FO4/c1-8-9-23(18-31(34)36-7)24-11-15-30(21(2)16-24)37-20-22-10-13-28(32(3,4)5)26(17-22)27-19-25(35-6)12-14-29(27)33/h10-17,19,23H,8-9,18,20H2,1-7H3/t23-/m1/s1. The summed E-state index contributed by atoms with van der Waals surface area (Å²) in [5, 5.41) is 0. The molecule has 0 aromatic heterocycles. The summed E-state index contributed by atoms with van der Waals surface area (Å²) in [6.07, 6.45) is 2.27. The van der Waals surface area contributed by atoms with Crippen LogP contribution >= 0.6 is 0 Å². The fourth-order valence-corrected chi connectivity index (χ4v) is 4.66. The zero-order chi connectivity index (χ0) is 27.2. The lowest BCUT2D eigenvalue weighted by Crippen LogP contribution is -2.13. The molecule has 0 aliphatic heterocycles. The highest BCUT2D eigenvalue weighted by atomic mass is 19.1. The van der Waals surface area contributed by atoms with E-state index in [1.54, 1.807) is 19.2 Å². The molecule has 3 aromatic carbocycles. The second kappa shape index (κ2) is 12.3. The average molecular weight is 507 g/mol. The Kier molecular flexibility index (Phi) is 9.36. The minimum absolute atomic E-state index is 0.121. The highest BCUT2D eigenvalue weighted by Gasteiger charge is 2.22. The van der Waals surface area contributed by atoms with Crippen LogP contribution in [0.2, 0.25) is 0 Å². The molecule has 0 aliphatic rings. The van der Waals surface area contributed by atoms with Crippen LogP contribution in [0, 0.1) is 12.7 Å². The number of halogens is 1. The first-order chi connectivity index (χ1) is 17.6. The number of ether oxygens (including phenoxy) is 3. The molecule has 198 valence electrons. The van der Waals surface area contributed by atoms with Crippen molar-refractivity contribution >= 4 is 5.97 Å². The predicted molar refractivity (Wildman–Crippen MR) is 147 cm³/mol. The van der Waals surface area contributed by atoms with Crippen LogP contribution in [0.25, 0.3) is 11.1 Å². The summed E-state index contributed by atoms with van der Waals surface area (Å²) in [4.78, 5) is 11.9. The molecule has 0 amide bonds. The van der Waals surface area contributed by atoms with Crippen LogP contribution < -0.4 is 9.47 Å². The Bertz CT molecular complexity index is 1230. The molecule has 1 atom stereocenters. The van der Waals surface area contributed by atoms with Gasteiger partial charge in [-0.05, 0) is 82.8 Å². The normalized spacial score (nSPS) is 12.2. The molecule has 3 aromatic rings. The van der Waals surface area contributed by atoms with Crippen LogP contribution in [-0.4, -0.2) is 20.2 Å². The molecule has 0 fully saturated rings. The van der Waals surface area contributed by atoms with Crippen molar-refractivity contribution in [1.29, 1.82) is 0 Å². The van der Waals surface area contributed by atoms with Gasteiger partial charge in [0.1, 0.15) is 23.9 Å². The number of methoxy groups -OCH3 is 2. The zero-order valence-electron chi connectivity index (χ0n) is 23.1. The molecule has 0 saturated heterocycles. The summed E-state index contributed by atoms with van der Waals surface area (Å²) in [5.74, 6) is 1.03. The molecule has 37 heavy (non-hydrogen) atoms. The molecule has 0 unspecified atom stereocenters. The fraction of sp³-hybridized carbons (Fsp3) is 0.406. The van der Waals surface area contributed by atoms with E-state index in [1.807, 2.05) is 31.2 Å². The van der Waals surface area contributed by atoms with Gasteiger partial charge in [0, 0.05) is 5.56 Å². The Morgan fingerprint density at radius 3 is 2.35 bits per heavy atom. The number of benzene rings is 3. The Labute approximate surface area is 220 Å². The van der Waals surface area contributed by atoms with Crippen molar-refractivity contribution in [2.75, 3.05) is 14.2 Å². The summed E-state index contributed by atoms with van der Waals surface area (Å²) >= 11 is 0. The molecular formula is C32H39FO4. The number of esters is 1. The number of aryl methyl sites for hydroxylation is 1. The maximum Gasteiger partial charge on any atom is 0.306 e. The summed E-state index contributed by atoms with van der Waals surface area (Å²) in [5.41, 5.74) is 5.30. The van der Waals surface area contributed by atoms with Gasteiger partial charge in [-0.3, -0.25) is 4.79 Å². The Morgan fingerprint density at radius 2 is 1.73 bits per heavy atom. The first kappa shape index (κ1) is 28.2. The molecule has 4 nitrogen and oxygen atoms in total. The van der Waals surface area contributed by atoms with Crippen molar-refractivity contribution in [3.8, 4) is 22.6 Å². The summed E-state index contributed by atoms with van der Waals surface area (Å²) in [7, 11) is 3.01. The highest BCUT2D eigenvalue weighted by Crippen LogP contribution is 2.37. The van der Waals surface area contributed by atoms with Crippen LogP contribution in [0.3, 0.4) is 0 Å². The van der Waals surface area contributed by atoms with E-state index in [4.69, 9.17) is 14.2 Å². The monoisotopic (exact) mass is 506 g/mol. The Morgan fingerprint density at radius 1 is 0.973 bits per heavy atom. The molecule has 5 heteroatoms. The van der Waals surface area contributed by atoms with Crippen molar-refractivity contribution in [1.82, 2.24) is 0 Å². The number of hydrogen-bond donors (Lipinski definition) is 0. The van der Waals surface area contributed by atoms with E-state index >= 15 is 0 Å². The Hall–Kier alpha value is -3.34. The number of hydrogen-bond acceptors (Lipinski definition) is 4. The minimum atomic E-state index is -0.288. The van der Waals surface area contributed by atoms with E-state index in [0.717, 1.165) is 46.4 Å².